The van der Waals surface area contributed by atoms with E-state index in [4.69, 9.17) is 5.11 Å². The van der Waals surface area contributed by atoms with Crippen molar-refractivity contribution in [2.75, 3.05) is 0 Å². The summed E-state index contributed by atoms with van der Waals surface area (Å²) in [6.45, 7) is 1.80. The number of hydrogen-bond acceptors (Lipinski definition) is 2. The van der Waals surface area contributed by atoms with Crippen LogP contribution in [0.25, 0.3) is 11.3 Å². The Hall–Kier alpha value is -2.17. The Balaban J connectivity index is 2.35. The molecule has 0 bridgehead atoms. The lowest BCUT2D eigenvalue weighted by Gasteiger charge is -1.97. The first-order valence-electron chi connectivity index (χ1n) is 5.09. The molecule has 0 atom stereocenters. The number of aliphatic carboxylic acids is 1. The van der Waals surface area contributed by atoms with Gasteiger partial charge in [0.2, 0.25) is 0 Å². The summed E-state index contributed by atoms with van der Waals surface area (Å²) in [5, 5.41) is 8.66. The van der Waals surface area contributed by atoms with Gasteiger partial charge in [-0.05, 0) is 31.2 Å². The average Bonchev–Trinajstić information content (AvgIpc) is 2.59. The summed E-state index contributed by atoms with van der Waals surface area (Å²) in [6.07, 6.45) is -0.151. The molecule has 2 rings (SSSR count). The van der Waals surface area contributed by atoms with Crippen molar-refractivity contribution < 1.29 is 14.3 Å². The minimum absolute atomic E-state index is 0.151. The Morgan fingerprint density at radius 1 is 1.41 bits per heavy atom. The summed E-state index contributed by atoms with van der Waals surface area (Å²) >= 11 is 0. The molecule has 88 valence electrons. The number of aromatic nitrogens is 2. The van der Waals surface area contributed by atoms with Crippen molar-refractivity contribution in [3.05, 3.63) is 41.6 Å². The van der Waals surface area contributed by atoms with E-state index in [1.807, 2.05) is 0 Å². The van der Waals surface area contributed by atoms with Gasteiger partial charge in [-0.15, -0.1) is 0 Å². The minimum Gasteiger partial charge on any atom is -0.481 e. The van der Waals surface area contributed by atoms with Crippen molar-refractivity contribution >= 4 is 5.97 Å². The molecule has 0 amide bonds. The van der Waals surface area contributed by atoms with Crippen molar-refractivity contribution in [2.24, 2.45) is 0 Å². The number of nitrogens with zero attached hydrogens (tertiary/aromatic N) is 1. The number of aryl methyl sites for hydroxylation is 1. The summed E-state index contributed by atoms with van der Waals surface area (Å²) in [6, 6.07) is 5.92. The first kappa shape index (κ1) is 11.3. The second-order valence-corrected chi connectivity index (χ2v) is 3.73. The highest BCUT2D eigenvalue weighted by Crippen LogP contribution is 2.21. The quantitative estimate of drug-likeness (QED) is 0.855. The van der Waals surface area contributed by atoms with Gasteiger partial charge in [0.1, 0.15) is 18.1 Å². The van der Waals surface area contributed by atoms with E-state index in [0.29, 0.717) is 11.5 Å². The highest BCUT2D eigenvalue weighted by atomic mass is 19.1. The van der Waals surface area contributed by atoms with Crippen LogP contribution in [0.4, 0.5) is 4.39 Å². The van der Waals surface area contributed by atoms with Crippen molar-refractivity contribution in [3.8, 4) is 11.3 Å². The van der Waals surface area contributed by atoms with Gasteiger partial charge in [-0.25, -0.2) is 9.37 Å². The van der Waals surface area contributed by atoms with Crippen LogP contribution in [-0.4, -0.2) is 21.0 Å². The molecule has 0 aliphatic rings. The molecule has 0 aliphatic carbocycles. The van der Waals surface area contributed by atoms with Gasteiger partial charge in [-0.1, -0.05) is 0 Å². The Kier molecular flexibility index (Phi) is 2.91. The van der Waals surface area contributed by atoms with E-state index < -0.39 is 5.97 Å². The summed E-state index contributed by atoms with van der Waals surface area (Å²) in [5.74, 6) is -0.855. The molecule has 17 heavy (non-hydrogen) atoms. The molecule has 0 spiro atoms. The van der Waals surface area contributed by atoms with E-state index in [-0.39, 0.29) is 12.2 Å². The first-order valence-corrected chi connectivity index (χ1v) is 5.09. The molecule has 1 heterocycles. The average molecular weight is 234 g/mol. The standard InChI is InChI=1S/C12H11FN2O2/c1-7-12(8-2-4-9(13)5-3-8)15-10(14-7)6-11(16)17/h2-5H,6H2,1H3,(H,14,15)(H,16,17). The van der Waals surface area contributed by atoms with E-state index in [9.17, 15) is 9.18 Å². The number of carboxylic acids is 1. The van der Waals surface area contributed by atoms with Crippen LogP contribution < -0.4 is 0 Å². The van der Waals surface area contributed by atoms with Gasteiger partial charge < -0.3 is 10.1 Å². The summed E-state index contributed by atoms with van der Waals surface area (Å²) in [7, 11) is 0. The first-order chi connectivity index (χ1) is 8.06. The Labute approximate surface area is 97.1 Å². The zero-order valence-corrected chi connectivity index (χ0v) is 9.20. The molecular weight excluding hydrogens is 223 g/mol. The molecule has 0 radical (unpaired) electrons. The molecule has 1 aromatic carbocycles. The van der Waals surface area contributed by atoms with Gasteiger partial charge in [0, 0.05) is 11.3 Å². The van der Waals surface area contributed by atoms with Crippen molar-refractivity contribution in [3.63, 3.8) is 0 Å². The molecule has 0 fully saturated rings. The zero-order valence-electron chi connectivity index (χ0n) is 9.20. The monoisotopic (exact) mass is 234 g/mol. The van der Waals surface area contributed by atoms with Gasteiger partial charge in [0.15, 0.2) is 0 Å². The number of rotatable bonds is 3. The third-order valence-electron chi connectivity index (χ3n) is 2.37. The van der Waals surface area contributed by atoms with Crippen LogP contribution in [0, 0.1) is 12.7 Å². The smallest absolute Gasteiger partial charge is 0.311 e. The second-order valence-electron chi connectivity index (χ2n) is 3.73. The normalized spacial score (nSPS) is 10.5. The molecule has 0 saturated carbocycles. The molecule has 0 saturated heterocycles. The number of benzene rings is 1. The Morgan fingerprint density at radius 3 is 2.65 bits per heavy atom. The predicted octanol–water partition coefficient (Wildman–Crippen LogP) is 2.15. The highest BCUT2D eigenvalue weighted by molar-refractivity contribution is 5.70. The molecular formula is C12H11FN2O2. The molecule has 0 unspecified atom stereocenters. The summed E-state index contributed by atoms with van der Waals surface area (Å²) in [5.41, 5.74) is 2.19. The van der Waals surface area contributed by atoms with Gasteiger partial charge in [0.05, 0.1) is 5.69 Å². The third-order valence-corrected chi connectivity index (χ3v) is 2.37. The molecule has 2 aromatic rings. The van der Waals surface area contributed by atoms with E-state index in [1.165, 1.54) is 12.1 Å². The molecule has 4 nitrogen and oxygen atoms in total. The summed E-state index contributed by atoms with van der Waals surface area (Å²) < 4.78 is 12.8. The van der Waals surface area contributed by atoms with Crippen molar-refractivity contribution in [2.45, 2.75) is 13.3 Å². The van der Waals surface area contributed by atoms with Crippen LogP contribution in [0.1, 0.15) is 11.5 Å². The Morgan fingerprint density at radius 2 is 2.06 bits per heavy atom. The maximum absolute atomic E-state index is 12.8. The number of halogens is 1. The number of H-pyrrole nitrogens is 1. The highest BCUT2D eigenvalue weighted by Gasteiger charge is 2.11. The van der Waals surface area contributed by atoms with Gasteiger partial charge in [-0.2, -0.15) is 0 Å². The lowest BCUT2D eigenvalue weighted by molar-refractivity contribution is -0.136. The van der Waals surface area contributed by atoms with Crippen molar-refractivity contribution in [1.29, 1.82) is 0 Å². The lowest BCUT2D eigenvalue weighted by atomic mass is 10.1. The minimum atomic E-state index is -0.940. The lowest BCUT2D eigenvalue weighted by Crippen LogP contribution is -2.01. The maximum Gasteiger partial charge on any atom is 0.311 e. The molecule has 1 aromatic heterocycles. The summed E-state index contributed by atoms with van der Waals surface area (Å²) in [4.78, 5) is 17.7. The number of nitrogens with one attached hydrogen (secondary N) is 1. The van der Waals surface area contributed by atoms with Gasteiger partial charge in [-0.3, -0.25) is 4.79 Å². The molecule has 0 aliphatic heterocycles. The van der Waals surface area contributed by atoms with Crippen LogP contribution in [0.3, 0.4) is 0 Å². The number of carbonyl (C=O) groups is 1. The number of hydrogen-bond donors (Lipinski definition) is 2. The zero-order chi connectivity index (χ0) is 12.4. The van der Waals surface area contributed by atoms with Crippen LogP contribution in [-0.2, 0) is 11.2 Å². The predicted molar refractivity (Wildman–Crippen MR) is 60.1 cm³/mol. The second kappa shape index (κ2) is 4.37. The Bertz CT molecular complexity index is 546. The largest absolute Gasteiger partial charge is 0.481 e. The van der Waals surface area contributed by atoms with E-state index in [1.54, 1.807) is 19.1 Å². The fourth-order valence-electron chi connectivity index (χ4n) is 1.64. The molecule has 2 N–H and O–H groups in total. The van der Waals surface area contributed by atoms with E-state index in [2.05, 4.69) is 9.97 Å². The van der Waals surface area contributed by atoms with Gasteiger partial charge >= 0.3 is 5.97 Å². The SMILES string of the molecule is Cc1[nH]c(CC(=O)O)nc1-c1ccc(F)cc1. The number of carboxylic acid groups (broad SMARTS) is 1. The topological polar surface area (TPSA) is 66.0 Å². The number of imidazole rings is 1. The van der Waals surface area contributed by atoms with Gasteiger partial charge in [0.25, 0.3) is 0 Å². The van der Waals surface area contributed by atoms with Crippen molar-refractivity contribution in [1.82, 2.24) is 9.97 Å². The third kappa shape index (κ3) is 2.50. The van der Waals surface area contributed by atoms with Crippen LogP contribution >= 0.6 is 0 Å². The van der Waals surface area contributed by atoms with Crippen LogP contribution in [0.15, 0.2) is 24.3 Å². The van der Waals surface area contributed by atoms with Crippen LogP contribution in [0.2, 0.25) is 0 Å². The fourth-order valence-corrected chi connectivity index (χ4v) is 1.64. The maximum atomic E-state index is 12.8. The van der Waals surface area contributed by atoms with E-state index in [0.717, 1.165) is 11.3 Å². The fraction of sp³-hybridized carbons (Fsp3) is 0.167. The molecule has 5 heteroatoms. The van der Waals surface area contributed by atoms with Crippen LogP contribution in [0.5, 0.6) is 0 Å². The number of aromatic amines is 1. The van der Waals surface area contributed by atoms with E-state index >= 15 is 0 Å².